The van der Waals surface area contributed by atoms with E-state index in [9.17, 15) is 9.59 Å². The number of urea groups is 1. The highest BCUT2D eigenvalue weighted by molar-refractivity contribution is 5.79. The number of carbonyl (C=O) groups excluding carboxylic acids is 2. The van der Waals surface area contributed by atoms with Crippen molar-refractivity contribution in [3.8, 4) is 0 Å². The summed E-state index contributed by atoms with van der Waals surface area (Å²) in [5.41, 5.74) is 1.01. The average Bonchev–Trinajstić information content (AvgIpc) is 3.00. The third-order valence-electron chi connectivity index (χ3n) is 6.56. The van der Waals surface area contributed by atoms with Crippen molar-refractivity contribution < 1.29 is 19.1 Å². The van der Waals surface area contributed by atoms with E-state index in [0.717, 1.165) is 37.8 Å². The highest BCUT2D eigenvalue weighted by atomic mass is 16.5. The van der Waals surface area contributed by atoms with E-state index < -0.39 is 0 Å². The van der Waals surface area contributed by atoms with Crippen molar-refractivity contribution in [1.82, 2.24) is 14.7 Å². The van der Waals surface area contributed by atoms with Gasteiger partial charge in [-0.2, -0.15) is 0 Å². The van der Waals surface area contributed by atoms with Gasteiger partial charge in [0.15, 0.2) is 0 Å². The van der Waals surface area contributed by atoms with E-state index >= 15 is 0 Å². The molecule has 0 unspecified atom stereocenters. The minimum atomic E-state index is -0.145. The number of likely N-dealkylation sites (tertiary alicyclic amines) is 1. The van der Waals surface area contributed by atoms with Gasteiger partial charge in [-0.15, -0.1) is 0 Å². The molecule has 0 atom stereocenters. The van der Waals surface area contributed by atoms with Crippen LogP contribution >= 0.6 is 0 Å². The summed E-state index contributed by atoms with van der Waals surface area (Å²) in [5, 5.41) is 0. The molecule has 29 heavy (non-hydrogen) atoms. The van der Waals surface area contributed by atoms with Crippen molar-refractivity contribution in [1.29, 1.82) is 0 Å². The predicted octanol–water partition coefficient (Wildman–Crippen LogP) is 2.11. The SMILES string of the molecule is COCC(=O)N1CCC(N2C(=O)N(Cc3ccccc3)CC23CCOCC3)CC1. The Bertz CT molecular complexity index is 712. The van der Waals surface area contributed by atoms with Gasteiger partial charge in [-0.25, -0.2) is 4.79 Å². The minimum Gasteiger partial charge on any atom is -0.381 e. The summed E-state index contributed by atoms with van der Waals surface area (Å²) in [6, 6.07) is 10.5. The number of benzene rings is 1. The lowest BCUT2D eigenvalue weighted by molar-refractivity contribution is -0.136. The summed E-state index contributed by atoms with van der Waals surface area (Å²) in [7, 11) is 1.55. The van der Waals surface area contributed by atoms with Crippen LogP contribution in [0.25, 0.3) is 0 Å². The van der Waals surface area contributed by atoms with E-state index in [-0.39, 0.29) is 30.1 Å². The first kappa shape index (κ1) is 20.2. The molecule has 4 rings (SSSR count). The zero-order chi connectivity index (χ0) is 20.3. The number of methoxy groups -OCH3 is 1. The molecule has 158 valence electrons. The monoisotopic (exact) mass is 401 g/mol. The fourth-order valence-electron chi connectivity index (χ4n) is 5.06. The molecule has 0 radical (unpaired) electrons. The van der Waals surface area contributed by atoms with E-state index in [1.807, 2.05) is 28.0 Å². The Labute approximate surface area is 172 Å². The van der Waals surface area contributed by atoms with Gasteiger partial charge in [-0.3, -0.25) is 4.79 Å². The van der Waals surface area contributed by atoms with Gasteiger partial charge in [0.25, 0.3) is 0 Å². The topological polar surface area (TPSA) is 62.3 Å². The fourth-order valence-corrected chi connectivity index (χ4v) is 5.06. The van der Waals surface area contributed by atoms with Crippen LogP contribution in [0.2, 0.25) is 0 Å². The maximum absolute atomic E-state index is 13.5. The Kier molecular flexibility index (Phi) is 6.06. The first-order valence-electron chi connectivity index (χ1n) is 10.6. The van der Waals surface area contributed by atoms with Gasteiger partial charge in [0, 0.05) is 52.5 Å². The fraction of sp³-hybridized carbons (Fsp3) is 0.636. The second-order valence-electron chi connectivity index (χ2n) is 8.38. The van der Waals surface area contributed by atoms with Crippen molar-refractivity contribution in [3.63, 3.8) is 0 Å². The molecule has 1 aromatic rings. The first-order chi connectivity index (χ1) is 14.1. The zero-order valence-electron chi connectivity index (χ0n) is 17.2. The van der Waals surface area contributed by atoms with Gasteiger partial charge in [0.2, 0.25) is 5.91 Å². The molecule has 7 nitrogen and oxygen atoms in total. The number of amides is 3. The van der Waals surface area contributed by atoms with Crippen LogP contribution in [0.5, 0.6) is 0 Å². The lowest BCUT2D eigenvalue weighted by Gasteiger charge is -2.46. The number of carbonyl (C=O) groups is 2. The molecule has 3 saturated heterocycles. The molecule has 3 aliphatic heterocycles. The second-order valence-corrected chi connectivity index (χ2v) is 8.38. The minimum absolute atomic E-state index is 0.0326. The maximum atomic E-state index is 13.5. The van der Waals surface area contributed by atoms with E-state index in [1.54, 1.807) is 7.11 Å². The van der Waals surface area contributed by atoms with Crippen molar-refractivity contribution in [2.24, 2.45) is 0 Å². The van der Waals surface area contributed by atoms with E-state index in [4.69, 9.17) is 9.47 Å². The molecule has 0 aromatic heterocycles. The first-order valence-corrected chi connectivity index (χ1v) is 10.6. The van der Waals surface area contributed by atoms with Crippen LogP contribution in [-0.4, -0.2) is 84.8 Å². The van der Waals surface area contributed by atoms with Crippen LogP contribution in [0.1, 0.15) is 31.2 Å². The summed E-state index contributed by atoms with van der Waals surface area (Å²) in [6.07, 6.45) is 3.41. The Morgan fingerprint density at radius 2 is 1.86 bits per heavy atom. The molecular weight excluding hydrogens is 370 g/mol. The third-order valence-corrected chi connectivity index (χ3v) is 6.56. The van der Waals surface area contributed by atoms with Gasteiger partial charge in [0.05, 0.1) is 5.54 Å². The third kappa shape index (κ3) is 4.12. The lowest BCUT2D eigenvalue weighted by atomic mass is 9.86. The maximum Gasteiger partial charge on any atom is 0.321 e. The van der Waals surface area contributed by atoms with Gasteiger partial charge in [-0.1, -0.05) is 30.3 Å². The predicted molar refractivity (Wildman–Crippen MR) is 108 cm³/mol. The van der Waals surface area contributed by atoms with Crippen molar-refractivity contribution in [2.75, 3.05) is 46.6 Å². The Hall–Kier alpha value is -2.12. The van der Waals surface area contributed by atoms with Crippen LogP contribution < -0.4 is 0 Å². The summed E-state index contributed by atoms with van der Waals surface area (Å²) < 4.78 is 10.6. The van der Waals surface area contributed by atoms with Crippen molar-refractivity contribution in [2.45, 2.75) is 43.8 Å². The molecule has 0 bridgehead atoms. The molecule has 0 aliphatic carbocycles. The Balaban J connectivity index is 1.49. The van der Waals surface area contributed by atoms with Crippen molar-refractivity contribution >= 4 is 11.9 Å². The largest absolute Gasteiger partial charge is 0.381 e. The summed E-state index contributed by atoms with van der Waals surface area (Å²) in [6.45, 7) is 4.29. The zero-order valence-corrected chi connectivity index (χ0v) is 17.2. The normalized spacial score (nSPS) is 22.5. The van der Waals surface area contributed by atoms with E-state index in [1.165, 1.54) is 0 Å². The Morgan fingerprint density at radius 3 is 2.52 bits per heavy atom. The molecule has 0 saturated carbocycles. The standard InChI is InChI=1S/C22H31N3O4/c1-28-16-20(26)23-11-7-19(8-12-23)25-21(27)24(15-18-5-3-2-4-6-18)17-22(25)9-13-29-14-10-22/h2-6,19H,7-17H2,1H3. The second kappa shape index (κ2) is 8.71. The van der Waals surface area contributed by atoms with Gasteiger partial charge in [-0.05, 0) is 31.2 Å². The number of piperidine rings is 1. The highest BCUT2D eigenvalue weighted by Gasteiger charge is 2.52. The average molecular weight is 402 g/mol. The molecular formula is C22H31N3O4. The number of hydrogen-bond acceptors (Lipinski definition) is 4. The molecule has 7 heteroatoms. The summed E-state index contributed by atoms with van der Waals surface area (Å²) in [5.74, 6) is 0.0326. The number of ether oxygens (including phenoxy) is 2. The van der Waals surface area contributed by atoms with Crippen molar-refractivity contribution in [3.05, 3.63) is 35.9 Å². The number of hydrogen-bond donors (Lipinski definition) is 0. The smallest absolute Gasteiger partial charge is 0.321 e. The molecule has 3 fully saturated rings. The molecule has 3 amide bonds. The van der Waals surface area contributed by atoms with E-state index in [2.05, 4.69) is 17.0 Å². The van der Waals surface area contributed by atoms with E-state index in [0.29, 0.717) is 32.8 Å². The van der Waals surface area contributed by atoms with Gasteiger partial charge in [0.1, 0.15) is 6.61 Å². The van der Waals surface area contributed by atoms with Crippen LogP contribution in [0.3, 0.4) is 0 Å². The molecule has 3 heterocycles. The molecule has 0 N–H and O–H groups in total. The lowest BCUT2D eigenvalue weighted by Crippen LogP contribution is -2.58. The number of rotatable bonds is 5. The highest BCUT2D eigenvalue weighted by Crippen LogP contribution is 2.39. The van der Waals surface area contributed by atoms with Crippen LogP contribution in [0.4, 0.5) is 4.79 Å². The molecule has 1 spiro atoms. The van der Waals surface area contributed by atoms with Gasteiger partial charge < -0.3 is 24.2 Å². The van der Waals surface area contributed by atoms with Crippen LogP contribution in [0.15, 0.2) is 30.3 Å². The molecule has 1 aromatic carbocycles. The number of nitrogens with zero attached hydrogens (tertiary/aromatic N) is 3. The molecule has 3 aliphatic rings. The quantitative estimate of drug-likeness (QED) is 0.758. The van der Waals surface area contributed by atoms with Gasteiger partial charge >= 0.3 is 6.03 Å². The summed E-state index contributed by atoms with van der Waals surface area (Å²) >= 11 is 0. The Morgan fingerprint density at radius 1 is 1.17 bits per heavy atom. The summed E-state index contributed by atoms with van der Waals surface area (Å²) in [4.78, 5) is 31.7. The van der Waals surface area contributed by atoms with Crippen LogP contribution in [-0.2, 0) is 20.8 Å². The van der Waals surface area contributed by atoms with Crippen LogP contribution in [0, 0.1) is 0 Å².